The average molecular weight is 442 g/mol. The summed E-state index contributed by atoms with van der Waals surface area (Å²) in [5, 5.41) is 2.82. The lowest BCUT2D eigenvalue weighted by Crippen LogP contribution is -2.31. The Morgan fingerprint density at radius 1 is 1.13 bits per heavy atom. The van der Waals surface area contributed by atoms with E-state index in [1.54, 1.807) is 0 Å². The summed E-state index contributed by atoms with van der Waals surface area (Å²) in [6.45, 7) is 10.0. The van der Waals surface area contributed by atoms with Gasteiger partial charge in [0.1, 0.15) is 0 Å². The van der Waals surface area contributed by atoms with Crippen LogP contribution in [-0.2, 0) is 21.4 Å². The second-order valence-electron chi connectivity index (χ2n) is 8.26. The van der Waals surface area contributed by atoms with Gasteiger partial charge in [-0.1, -0.05) is 43.0 Å². The minimum atomic E-state index is -3.33. The summed E-state index contributed by atoms with van der Waals surface area (Å²) < 4.78 is 25.8. The lowest BCUT2D eigenvalue weighted by Gasteiger charge is -2.35. The summed E-state index contributed by atoms with van der Waals surface area (Å²) in [7, 11) is -3.33. The SMILES string of the molecule is C=C(c1ccc(C)c(NS(C)(=O)=O)c1)N1CCC(c2ccc(CNC(C)=O)cc2)CC1. The van der Waals surface area contributed by atoms with Crippen molar-refractivity contribution in [3.63, 3.8) is 0 Å². The fourth-order valence-electron chi connectivity index (χ4n) is 3.91. The second kappa shape index (κ2) is 9.56. The Labute approximate surface area is 185 Å². The van der Waals surface area contributed by atoms with Crippen molar-refractivity contribution in [3.05, 3.63) is 71.3 Å². The minimum absolute atomic E-state index is 0.0236. The zero-order chi connectivity index (χ0) is 22.6. The molecule has 0 atom stereocenters. The quantitative estimate of drug-likeness (QED) is 0.684. The molecule has 7 heteroatoms. The number of benzene rings is 2. The number of amides is 1. The van der Waals surface area contributed by atoms with Gasteiger partial charge in [0.15, 0.2) is 0 Å². The van der Waals surface area contributed by atoms with Gasteiger partial charge in [0.2, 0.25) is 15.9 Å². The smallest absolute Gasteiger partial charge is 0.229 e. The van der Waals surface area contributed by atoms with Crippen molar-refractivity contribution in [1.82, 2.24) is 10.2 Å². The number of nitrogens with zero attached hydrogens (tertiary/aromatic N) is 1. The second-order valence-corrected chi connectivity index (χ2v) is 10.0. The van der Waals surface area contributed by atoms with Crippen molar-refractivity contribution in [1.29, 1.82) is 0 Å². The highest BCUT2D eigenvalue weighted by atomic mass is 32.2. The highest BCUT2D eigenvalue weighted by Gasteiger charge is 2.22. The molecule has 0 spiro atoms. The van der Waals surface area contributed by atoms with Gasteiger partial charge in [-0.2, -0.15) is 0 Å². The molecular formula is C24H31N3O3S. The number of carbonyl (C=O) groups is 1. The summed E-state index contributed by atoms with van der Waals surface area (Å²) in [5.74, 6) is 0.476. The van der Waals surface area contributed by atoms with E-state index in [0.717, 1.165) is 54.6 Å². The van der Waals surface area contributed by atoms with E-state index in [-0.39, 0.29) is 5.91 Å². The van der Waals surface area contributed by atoms with Crippen LogP contribution in [0.5, 0.6) is 0 Å². The summed E-state index contributed by atoms with van der Waals surface area (Å²) in [6, 6.07) is 14.3. The molecule has 31 heavy (non-hydrogen) atoms. The van der Waals surface area contributed by atoms with Crippen LogP contribution in [0.25, 0.3) is 5.70 Å². The first-order valence-corrected chi connectivity index (χ1v) is 12.4. The molecule has 1 aliphatic heterocycles. The van der Waals surface area contributed by atoms with E-state index in [9.17, 15) is 13.2 Å². The van der Waals surface area contributed by atoms with Gasteiger partial charge < -0.3 is 10.2 Å². The van der Waals surface area contributed by atoms with Crippen LogP contribution in [0.3, 0.4) is 0 Å². The number of sulfonamides is 1. The maximum atomic E-state index is 11.6. The molecule has 2 N–H and O–H groups in total. The number of hydrogen-bond acceptors (Lipinski definition) is 4. The standard InChI is InChI=1S/C24H31N3O3S/c1-17-5-8-23(15-24(17)26-31(4,29)30)18(2)27-13-11-22(12-14-27)21-9-6-20(7-10-21)16-25-19(3)28/h5-10,15,22,26H,2,11-14,16H2,1,3-4H3,(H,25,28). The molecule has 3 rings (SSSR count). The Balaban J connectivity index is 1.61. The number of likely N-dealkylation sites (tertiary alicyclic amines) is 1. The van der Waals surface area contributed by atoms with Crippen molar-refractivity contribution in [2.45, 2.75) is 39.2 Å². The van der Waals surface area contributed by atoms with Crippen LogP contribution in [0, 0.1) is 6.92 Å². The van der Waals surface area contributed by atoms with Crippen LogP contribution in [0.1, 0.15) is 47.9 Å². The lowest BCUT2D eigenvalue weighted by atomic mass is 9.88. The van der Waals surface area contributed by atoms with E-state index >= 15 is 0 Å². The molecule has 2 aromatic carbocycles. The van der Waals surface area contributed by atoms with Gasteiger partial charge >= 0.3 is 0 Å². The summed E-state index contributed by atoms with van der Waals surface area (Å²) >= 11 is 0. The predicted octanol–water partition coefficient (Wildman–Crippen LogP) is 3.85. The fourth-order valence-corrected chi connectivity index (χ4v) is 4.53. The van der Waals surface area contributed by atoms with Crippen LogP contribution in [0.2, 0.25) is 0 Å². The summed E-state index contributed by atoms with van der Waals surface area (Å²) in [6.07, 6.45) is 3.22. The van der Waals surface area contributed by atoms with Crippen LogP contribution in [0.4, 0.5) is 5.69 Å². The van der Waals surface area contributed by atoms with E-state index < -0.39 is 10.0 Å². The van der Waals surface area contributed by atoms with E-state index in [1.165, 1.54) is 12.5 Å². The number of rotatable bonds is 7. The van der Waals surface area contributed by atoms with Crippen LogP contribution in [-0.4, -0.2) is 38.6 Å². The molecule has 1 fully saturated rings. The Bertz CT molecular complexity index is 1050. The van der Waals surface area contributed by atoms with Crippen LogP contribution < -0.4 is 10.0 Å². The average Bonchev–Trinajstić information content (AvgIpc) is 2.73. The molecule has 1 saturated heterocycles. The number of hydrogen-bond donors (Lipinski definition) is 2. The highest BCUT2D eigenvalue weighted by molar-refractivity contribution is 7.92. The number of piperidine rings is 1. The van der Waals surface area contributed by atoms with Crippen LogP contribution in [0.15, 0.2) is 49.0 Å². The van der Waals surface area contributed by atoms with Crippen molar-refractivity contribution in [2.75, 3.05) is 24.1 Å². The molecule has 1 heterocycles. The topological polar surface area (TPSA) is 78.5 Å². The van der Waals surface area contributed by atoms with E-state index in [0.29, 0.717) is 18.2 Å². The number of aryl methyl sites for hydroxylation is 1. The molecular weight excluding hydrogens is 410 g/mol. The first-order chi connectivity index (χ1) is 14.6. The predicted molar refractivity (Wildman–Crippen MR) is 126 cm³/mol. The molecule has 0 radical (unpaired) electrons. The van der Waals surface area contributed by atoms with Gasteiger partial charge in [-0.05, 0) is 54.0 Å². The normalized spacial score (nSPS) is 14.9. The Hall–Kier alpha value is -2.80. The molecule has 1 amide bonds. The summed E-state index contributed by atoms with van der Waals surface area (Å²) in [5.41, 5.74) is 5.74. The Morgan fingerprint density at radius 2 is 1.77 bits per heavy atom. The first kappa shape index (κ1) is 22.9. The third-order valence-electron chi connectivity index (χ3n) is 5.74. The van der Waals surface area contributed by atoms with Crippen molar-refractivity contribution < 1.29 is 13.2 Å². The van der Waals surface area contributed by atoms with Gasteiger partial charge in [-0.25, -0.2) is 8.42 Å². The number of anilines is 1. The fraction of sp³-hybridized carbons (Fsp3) is 0.375. The van der Waals surface area contributed by atoms with Gasteiger partial charge in [-0.3, -0.25) is 9.52 Å². The minimum Gasteiger partial charge on any atom is -0.371 e. The molecule has 1 aliphatic rings. The molecule has 0 unspecified atom stereocenters. The first-order valence-electron chi connectivity index (χ1n) is 10.5. The van der Waals surface area contributed by atoms with Gasteiger partial charge in [0, 0.05) is 32.3 Å². The van der Waals surface area contributed by atoms with Crippen molar-refractivity contribution >= 4 is 27.3 Å². The molecule has 6 nitrogen and oxygen atoms in total. The third kappa shape index (κ3) is 6.34. The summed E-state index contributed by atoms with van der Waals surface area (Å²) in [4.78, 5) is 13.3. The molecule has 0 saturated carbocycles. The Kier molecular flexibility index (Phi) is 7.05. The number of carbonyl (C=O) groups excluding carboxylic acids is 1. The van der Waals surface area contributed by atoms with E-state index in [4.69, 9.17) is 0 Å². The highest BCUT2D eigenvalue weighted by Crippen LogP contribution is 2.32. The van der Waals surface area contributed by atoms with Gasteiger partial charge in [0.05, 0.1) is 11.9 Å². The zero-order valence-electron chi connectivity index (χ0n) is 18.4. The third-order valence-corrected chi connectivity index (χ3v) is 6.33. The maximum absolute atomic E-state index is 11.6. The number of nitrogens with one attached hydrogen (secondary N) is 2. The largest absolute Gasteiger partial charge is 0.371 e. The van der Waals surface area contributed by atoms with E-state index in [2.05, 4.69) is 45.8 Å². The monoisotopic (exact) mass is 441 g/mol. The van der Waals surface area contributed by atoms with Crippen molar-refractivity contribution in [3.8, 4) is 0 Å². The van der Waals surface area contributed by atoms with Gasteiger partial charge in [-0.15, -0.1) is 0 Å². The molecule has 0 aromatic heterocycles. The van der Waals surface area contributed by atoms with Gasteiger partial charge in [0.25, 0.3) is 0 Å². The molecule has 166 valence electrons. The lowest BCUT2D eigenvalue weighted by molar-refractivity contribution is -0.119. The molecule has 0 bridgehead atoms. The maximum Gasteiger partial charge on any atom is 0.229 e. The zero-order valence-corrected chi connectivity index (χ0v) is 19.3. The molecule has 2 aromatic rings. The molecule has 0 aliphatic carbocycles. The van der Waals surface area contributed by atoms with Crippen LogP contribution >= 0.6 is 0 Å². The van der Waals surface area contributed by atoms with E-state index in [1.807, 2.05) is 25.1 Å². The Morgan fingerprint density at radius 3 is 2.35 bits per heavy atom. The van der Waals surface area contributed by atoms with Crippen molar-refractivity contribution in [2.24, 2.45) is 0 Å².